The second-order valence-corrected chi connectivity index (χ2v) is 6.31. The standard InChI is InChI=1S/C14H27NO4/c1-9(2)8-11(12(16)18-10(3)4)15-13(17)19-14(5,6)7/h9-11H,8H2,1-7H3,(H,15,17)/t11-/m0/s1. The van der Waals surface area contributed by atoms with E-state index in [1.54, 1.807) is 34.6 Å². The van der Waals surface area contributed by atoms with Gasteiger partial charge in [-0.15, -0.1) is 0 Å². The van der Waals surface area contributed by atoms with Crippen LogP contribution in [0.1, 0.15) is 54.9 Å². The predicted molar refractivity (Wildman–Crippen MR) is 73.8 cm³/mol. The number of alkyl carbamates (subject to hydrolysis) is 1. The molecule has 0 heterocycles. The molecule has 0 spiro atoms. The Morgan fingerprint density at radius 1 is 1.11 bits per heavy atom. The van der Waals surface area contributed by atoms with Crippen LogP contribution in [0.2, 0.25) is 0 Å². The molecule has 0 aromatic heterocycles. The Balaban J connectivity index is 4.59. The fraction of sp³-hybridized carbons (Fsp3) is 0.857. The Kier molecular flexibility index (Phi) is 6.87. The second kappa shape index (κ2) is 7.36. The van der Waals surface area contributed by atoms with E-state index in [0.717, 1.165) is 0 Å². The summed E-state index contributed by atoms with van der Waals surface area (Å²) in [6.45, 7) is 12.8. The molecule has 1 amide bonds. The molecule has 0 aromatic carbocycles. The molecule has 0 rings (SSSR count). The van der Waals surface area contributed by atoms with Crippen molar-refractivity contribution in [3.8, 4) is 0 Å². The molecule has 0 aliphatic rings. The minimum absolute atomic E-state index is 0.206. The average molecular weight is 273 g/mol. The SMILES string of the molecule is CC(C)C[C@H](NC(=O)OC(C)(C)C)C(=O)OC(C)C. The minimum Gasteiger partial charge on any atom is -0.461 e. The highest BCUT2D eigenvalue weighted by molar-refractivity contribution is 5.81. The van der Waals surface area contributed by atoms with Gasteiger partial charge in [0.2, 0.25) is 0 Å². The zero-order valence-corrected chi connectivity index (χ0v) is 13.1. The van der Waals surface area contributed by atoms with Crippen molar-refractivity contribution in [2.45, 2.75) is 72.6 Å². The first-order valence-corrected chi connectivity index (χ1v) is 6.71. The summed E-state index contributed by atoms with van der Waals surface area (Å²) in [5.74, 6) is -0.158. The molecule has 112 valence electrons. The van der Waals surface area contributed by atoms with E-state index in [-0.39, 0.29) is 12.0 Å². The number of carbonyl (C=O) groups excluding carboxylic acids is 2. The predicted octanol–water partition coefficient (Wildman–Crippen LogP) is 2.88. The number of rotatable bonds is 5. The summed E-state index contributed by atoms with van der Waals surface area (Å²) in [7, 11) is 0. The summed E-state index contributed by atoms with van der Waals surface area (Å²) in [6.07, 6.45) is -0.286. The zero-order chi connectivity index (χ0) is 15.2. The number of hydrogen-bond donors (Lipinski definition) is 1. The molecule has 1 N–H and O–H groups in total. The van der Waals surface area contributed by atoms with Crippen molar-refractivity contribution in [2.24, 2.45) is 5.92 Å². The molecule has 0 aliphatic heterocycles. The van der Waals surface area contributed by atoms with Crippen LogP contribution in [0.25, 0.3) is 0 Å². The molecule has 0 bridgehead atoms. The third kappa shape index (κ3) is 9.33. The summed E-state index contributed by atoms with van der Waals surface area (Å²) in [5, 5.41) is 2.57. The second-order valence-electron chi connectivity index (χ2n) is 6.31. The quantitative estimate of drug-likeness (QED) is 0.782. The number of carbonyl (C=O) groups is 2. The van der Waals surface area contributed by atoms with Crippen molar-refractivity contribution in [1.29, 1.82) is 0 Å². The van der Waals surface area contributed by atoms with Crippen LogP contribution in [0, 0.1) is 5.92 Å². The van der Waals surface area contributed by atoms with E-state index in [4.69, 9.17) is 9.47 Å². The lowest BCUT2D eigenvalue weighted by Gasteiger charge is -2.24. The van der Waals surface area contributed by atoms with Crippen molar-refractivity contribution in [3.63, 3.8) is 0 Å². The Morgan fingerprint density at radius 2 is 1.63 bits per heavy atom. The summed E-state index contributed by atoms with van der Waals surface area (Å²) < 4.78 is 10.3. The van der Waals surface area contributed by atoms with Crippen LogP contribution in [0.3, 0.4) is 0 Å². The van der Waals surface area contributed by atoms with Gasteiger partial charge in [0.1, 0.15) is 11.6 Å². The summed E-state index contributed by atoms with van der Waals surface area (Å²) in [5.41, 5.74) is -0.589. The van der Waals surface area contributed by atoms with Gasteiger partial charge in [0.15, 0.2) is 0 Å². The van der Waals surface area contributed by atoms with E-state index in [0.29, 0.717) is 6.42 Å². The van der Waals surface area contributed by atoms with Crippen molar-refractivity contribution in [1.82, 2.24) is 5.32 Å². The summed E-state index contributed by atoms with van der Waals surface area (Å²) in [4.78, 5) is 23.6. The van der Waals surface area contributed by atoms with Crippen LogP contribution in [-0.2, 0) is 14.3 Å². The largest absolute Gasteiger partial charge is 0.461 e. The number of amides is 1. The fourth-order valence-corrected chi connectivity index (χ4v) is 1.45. The molecule has 0 saturated carbocycles. The molecular weight excluding hydrogens is 246 g/mol. The van der Waals surface area contributed by atoms with E-state index >= 15 is 0 Å². The van der Waals surface area contributed by atoms with Gasteiger partial charge in [0.05, 0.1) is 6.10 Å². The molecular formula is C14H27NO4. The van der Waals surface area contributed by atoms with E-state index in [1.165, 1.54) is 0 Å². The first-order chi connectivity index (χ1) is 8.51. The van der Waals surface area contributed by atoms with Crippen molar-refractivity contribution >= 4 is 12.1 Å². The maximum absolute atomic E-state index is 11.9. The molecule has 0 fully saturated rings. The van der Waals surface area contributed by atoms with Crippen LogP contribution in [0.5, 0.6) is 0 Å². The van der Waals surface area contributed by atoms with Crippen molar-refractivity contribution < 1.29 is 19.1 Å². The first-order valence-electron chi connectivity index (χ1n) is 6.71. The molecule has 5 heteroatoms. The maximum atomic E-state index is 11.9. The van der Waals surface area contributed by atoms with Gasteiger partial charge in [-0.2, -0.15) is 0 Å². The Labute approximate surface area is 116 Å². The van der Waals surface area contributed by atoms with E-state index in [1.807, 2.05) is 13.8 Å². The minimum atomic E-state index is -0.669. The third-order valence-corrected chi connectivity index (χ3v) is 2.03. The van der Waals surface area contributed by atoms with E-state index in [9.17, 15) is 9.59 Å². The Hall–Kier alpha value is -1.26. The zero-order valence-electron chi connectivity index (χ0n) is 13.1. The van der Waals surface area contributed by atoms with Gasteiger partial charge in [-0.05, 0) is 47.0 Å². The third-order valence-electron chi connectivity index (χ3n) is 2.03. The molecule has 1 atom stereocenters. The topological polar surface area (TPSA) is 64.6 Å². The van der Waals surface area contributed by atoms with E-state index in [2.05, 4.69) is 5.32 Å². The fourth-order valence-electron chi connectivity index (χ4n) is 1.45. The monoisotopic (exact) mass is 273 g/mol. The van der Waals surface area contributed by atoms with Crippen molar-refractivity contribution in [2.75, 3.05) is 0 Å². The van der Waals surface area contributed by atoms with Gasteiger partial charge in [0.25, 0.3) is 0 Å². The van der Waals surface area contributed by atoms with Gasteiger partial charge in [-0.25, -0.2) is 9.59 Å². The molecule has 0 radical (unpaired) electrons. The average Bonchev–Trinajstić information content (AvgIpc) is 2.11. The van der Waals surface area contributed by atoms with Crippen LogP contribution >= 0.6 is 0 Å². The number of ether oxygens (including phenoxy) is 2. The molecule has 19 heavy (non-hydrogen) atoms. The smallest absolute Gasteiger partial charge is 0.408 e. The normalized spacial score (nSPS) is 13.3. The molecule has 5 nitrogen and oxygen atoms in total. The van der Waals surface area contributed by atoms with Gasteiger partial charge in [-0.1, -0.05) is 13.8 Å². The van der Waals surface area contributed by atoms with Gasteiger partial charge in [0, 0.05) is 0 Å². The molecule has 0 unspecified atom stereocenters. The first kappa shape index (κ1) is 17.7. The molecule has 0 aliphatic carbocycles. The van der Waals surface area contributed by atoms with Crippen LogP contribution < -0.4 is 5.32 Å². The number of hydrogen-bond acceptors (Lipinski definition) is 4. The van der Waals surface area contributed by atoms with Gasteiger partial charge < -0.3 is 14.8 Å². The van der Waals surface area contributed by atoms with Crippen molar-refractivity contribution in [3.05, 3.63) is 0 Å². The summed E-state index contributed by atoms with van der Waals surface area (Å²) >= 11 is 0. The van der Waals surface area contributed by atoms with Crippen LogP contribution in [0.4, 0.5) is 4.79 Å². The Bertz CT molecular complexity index is 305. The lowest BCUT2D eigenvalue weighted by Crippen LogP contribution is -2.45. The number of esters is 1. The highest BCUT2D eigenvalue weighted by atomic mass is 16.6. The highest BCUT2D eigenvalue weighted by Gasteiger charge is 2.26. The van der Waals surface area contributed by atoms with Crippen LogP contribution in [0.15, 0.2) is 0 Å². The number of nitrogens with one attached hydrogen (secondary N) is 1. The molecule has 0 saturated heterocycles. The Morgan fingerprint density at radius 3 is 2.00 bits per heavy atom. The summed E-state index contributed by atoms with van der Waals surface area (Å²) in [6, 6.07) is -0.669. The maximum Gasteiger partial charge on any atom is 0.408 e. The highest BCUT2D eigenvalue weighted by Crippen LogP contribution is 2.11. The van der Waals surface area contributed by atoms with Gasteiger partial charge >= 0.3 is 12.1 Å². The van der Waals surface area contributed by atoms with Gasteiger partial charge in [-0.3, -0.25) is 0 Å². The van der Waals surface area contributed by atoms with E-state index < -0.39 is 23.7 Å². The van der Waals surface area contributed by atoms with Crippen LogP contribution in [-0.4, -0.2) is 29.8 Å². The lowest BCUT2D eigenvalue weighted by molar-refractivity contribution is -0.150. The molecule has 0 aromatic rings. The lowest BCUT2D eigenvalue weighted by atomic mass is 10.0.